The van der Waals surface area contributed by atoms with Gasteiger partial charge in [0, 0.05) is 18.2 Å². The molecule has 4 rings (SSSR count). The number of hydrogen-bond donors (Lipinski definition) is 1. The molecule has 0 spiro atoms. The number of hydrogen-bond acceptors (Lipinski definition) is 3. The van der Waals surface area contributed by atoms with E-state index in [0.29, 0.717) is 12.1 Å². The van der Waals surface area contributed by atoms with Gasteiger partial charge in [-0.15, -0.1) is 0 Å². The third-order valence-corrected chi connectivity index (χ3v) is 5.21. The number of nitrogens with zero attached hydrogens (tertiary/aromatic N) is 3. The summed E-state index contributed by atoms with van der Waals surface area (Å²) in [5.74, 6) is 0.292. The summed E-state index contributed by atoms with van der Waals surface area (Å²) in [6.07, 6.45) is 10.6. The molecule has 3 aromatic rings. The van der Waals surface area contributed by atoms with E-state index in [1.165, 1.54) is 6.08 Å². The van der Waals surface area contributed by atoms with Crippen LogP contribution in [-0.4, -0.2) is 20.7 Å². The van der Waals surface area contributed by atoms with E-state index in [1.54, 1.807) is 12.4 Å². The number of rotatable bonds is 5. The molecular formula is C23H20N4O. The molecule has 2 aromatic heterocycles. The van der Waals surface area contributed by atoms with Gasteiger partial charge in [-0.05, 0) is 48.5 Å². The van der Waals surface area contributed by atoms with Crippen molar-refractivity contribution in [3.8, 4) is 11.1 Å². The van der Waals surface area contributed by atoms with Crippen LogP contribution < -0.4 is 0 Å². The topological polar surface area (TPSA) is 63.0 Å². The van der Waals surface area contributed by atoms with E-state index < -0.39 is 0 Å². The highest BCUT2D eigenvalue weighted by molar-refractivity contribution is 6.00. The zero-order valence-electron chi connectivity index (χ0n) is 15.5. The first-order chi connectivity index (χ1) is 13.7. The first-order valence-electron chi connectivity index (χ1n) is 9.36. The molecule has 0 saturated carbocycles. The van der Waals surface area contributed by atoms with Gasteiger partial charge in [0.15, 0.2) is 11.5 Å². The van der Waals surface area contributed by atoms with Crippen LogP contribution in [0.1, 0.15) is 31.4 Å². The number of benzene rings is 1. The van der Waals surface area contributed by atoms with E-state index in [9.17, 15) is 4.79 Å². The average molecular weight is 368 g/mol. The Morgan fingerprint density at radius 2 is 2.29 bits per heavy atom. The van der Waals surface area contributed by atoms with Gasteiger partial charge < -0.3 is 4.98 Å². The van der Waals surface area contributed by atoms with E-state index in [2.05, 4.69) is 32.5 Å². The van der Waals surface area contributed by atoms with Crippen LogP contribution in [0, 0.1) is 12.5 Å². The summed E-state index contributed by atoms with van der Waals surface area (Å²) in [7, 11) is 0. The molecule has 138 valence electrons. The Bertz CT molecular complexity index is 1130. The molecule has 1 unspecified atom stereocenters. The summed E-state index contributed by atoms with van der Waals surface area (Å²) in [6, 6.07) is 7.57. The largest absolute Gasteiger partial charge is 0.345 e. The number of allylic oxidation sites excluding steroid dienone is 3. The van der Waals surface area contributed by atoms with Crippen LogP contribution in [0.5, 0.6) is 0 Å². The fourth-order valence-electron chi connectivity index (χ4n) is 3.88. The van der Waals surface area contributed by atoms with Gasteiger partial charge in [-0.2, -0.15) is 0 Å². The molecule has 1 aromatic carbocycles. The second-order valence-corrected chi connectivity index (χ2v) is 7.03. The number of aromatic amines is 1. The Hall–Kier alpha value is -3.52. The van der Waals surface area contributed by atoms with E-state index >= 15 is 0 Å². The molecule has 0 aliphatic heterocycles. The van der Waals surface area contributed by atoms with Gasteiger partial charge in [0.25, 0.3) is 0 Å². The first-order valence-corrected chi connectivity index (χ1v) is 9.36. The van der Waals surface area contributed by atoms with Crippen molar-refractivity contribution < 1.29 is 4.79 Å². The van der Waals surface area contributed by atoms with Crippen LogP contribution in [0.15, 0.2) is 55.5 Å². The third-order valence-electron chi connectivity index (χ3n) is 5.21. The summed E-state index contributed by atoms with van der Waals surface area (Å²) >= 11 is 0. The molecule has 0 radical (unpaired) electrons. The molecule has 1 N–H and O–H groups in total. The summed E-state index contributed by atoms with van der Waals surface area (Å²) < 4.78 is 0. The summed E-state index contributed by atoms with van der Waals surface area (Å²) in [5, 5.41) is 0.964. The van der Waals surface area contributed by atoms with Crippen LogP contribution in [0.3, 0.4) is 0 Å². The molecule has 5 heteroatoms. The molecule has 0 bridgehead atoms. The maximum absolute atomic E-state index is 11.8. The average Bonchev–Trinajstić information content (AvgIpc) is 3.18. The van der Waals surface area contributed by atoms with Crippen LogP contribution in [0.25, 0.3) is 32.6 Å². The minimum Gasteiger partial charge on any atom is -0.345 e. The standard InChI is InChI=1S/C23H20N4O/c1-3-19(28)11-15-6-4-8-17(10-15)22-21-20(13-25-23(21)27-14-26-22)16-7-5-9-18(12-16)24-2/h3,5,7,9-10,12-15H,1,4,6,8,11H2,(H,25,26,27). The minimum absolute atomic E-state index is 0.0774. The van der Waals surface area contributed by atoms with Gasteiger partial charge >= 0.3 is 0 Å². The lowest BCUT2D eigenvalue weighted by Crippen LogP contribution is -2.09. The third kappa shape index (κ3) is 3.37. The van der Waals surface area contributed by atoms with Gasteiger partial charge in [0.2, 0.25) is 0 Å². The summed E-state index contributed by atoms with van der Waals surface area (Å²) in [6.45, 7) is 10.9. The highest BCUT2D eigenvalue weighted by Crippen LogP contribution is 2.38. The Morgan fingerprint density at radius 1 is 1.39 bits per heavy atom. The molecule has 0 fully saturated rings. The summed E-state index contributed by atoms with van der Waals surface area (Å²) in [5.41, 5.74) is 5.39. The van der Waals surface area contributed by atoms with Gasteiger partial charge in [0.1, 0.15) is 12.0 Å². The number of H-pyrrole nitrogens is 1. The van der Waals surface area contributed by atoms with Gasteiger partial charge in [-0.25, -0.2) is 14.8 Å². The predicted octanol–water partition coefficient (Wildman–Crippen LogP) is 5.50. The van der Waals surface area contributed by atoms with Crippen molar-refractivity contribution in [2.75, 3.05) is 0 Å². The fourth-order valence-corrected chi connectivity index (χ4v) is 3.88. The van der Waals surface area contributed by atoms with E-state index in [0.717, 1.165) is 52.7 Å². The van der Waals surface area contributed by atoms with Gasteiger partial charge in [-0.3, -0.25) is 4.79 Å². The first kappa shape index (κ1) is 17.9. The zero-order valence-corrected chi connectivity index (χ0v) is 15.5. The van der Waals surface area contributed by atoms with Crippen molar-refractivity contribution in [2.24, 2.45) is 5.92 Å². The maximum atomic E-state index is 11.8. The maximum Gasteiger partial charge on any atom is 0.187 e. The molecule has 1 aliphatic carbocycles. The minimum atomic E-state index is 0.0774. The van der Waals surface area contributed by atoms with Crippen molar-refractivity contribution in [2.45, 2.75) is 25.7 Å². The molecular weight excluding hydrogens is 348 g/mol. The Morgan fingerprint density at radius 3 is 3.11 bits per heavy atom. The van der Waals surface area contributed by atoms with Crippen molar-refractivity contribution in [3.05, 3.63) is 72.6 Å². The lowest BCUT2D eigenvalue weighted by atomic mass is 9.85. The second kappa shape index (κ2) is 7.61. The number of nitrogens with one attached hydrogen (secondary N) is 1. The fraction of sp³-hybridized carbons (Fsp3) is 0.217. The monoisotopic (exact) mass is 368 g/mol. The SMILES string of the molecule is [C-]#[N+]c1cccc(-c2c[nH]c3ncnc(C4=CC(CC(=O)C=C)CCC4)c23)c1. The molecule has 28 heavy (non-hydrogen) atoms. The number of ketones is 1. The lowest BCUT2D eigenvalue weighted by molar-refractivity contribution is -0.115. The van der Waals surface area contributed by atoms with Crippen molar-refractivity contribution in [1.82, 2.24) is 15.0 Å². The van der Waals surface area contributed by atoms with Gasteiger partial charge in [0.05, 0.1) is 17.7 Å². The Labute approximate surface area is 163 Å². The number of carbonyl (C=O) groups is 1. The molecule has 0 saturated heterocycles. The van der Waals surface area contributed by atoms with Gasteiger partial charge in [-0.1, -0.05) is 30.9 Å². The Kier molecular flexibility index (Phi) is 4.86. The van der Waals surface area contributed by atoms with Crippen molar-refractivity contribution >= 4 is 28.1 Å². The quantitative estimate of drug-likeness (QED) is 0.477. The Balaban J connectivity index is 1.82. The van der Waals surface area contributed by atoms with E-state index in [1.807, 2.05) is 24.4 Å². The van der Waals surface area contributed by atoms with Crippen LogP contribution in [0.4, 0.5) is 5.69 Å². The predicted molar refractivity (Wildman–Crippen MR) is 111 cm³/mol. The number of aromatic nitrogens is 3. The molecule has 1 atom stereocenters. The van der Waals surface area contributed by atoms with Crippen LogP contribution in [-0.2, 0) is 4.79 Å². The smallest absolute Gasteiger partial charge is 0.187 e. The van der Waals surface area contributed by atoms with Crippen molar-refractivity contribution in [3.63, 3.8) is 0 Å². The second-order valence-electron chi connectivity index (χ2n) is 7.03. The lowest BCUT2D eigenvalue weighted by Gasteiger charge is -2.20. The van der Waals surface area contributed by atoms with E-state index in [-0.39, 0.29) is 11.7 Å². The highest BCUT2D eigenvalue weighted by atomic mass is 16.1. The van der Waals surface area contributed by atoms with Crippen LogP contribution in [0.2, 0.25) is 0 Å². The number of fused-ring (bicyclic) bond motifs is 1. The summed E-state index contributed by atoms with van der Waals surface area (Å²) in [4.78, 5) is 27.5. The number of carbonyl (C=O) groups excluding carboxylic acids is 1. The zero-order chi connectivity index (χ0) is 19.5. The molecule has 0 amide bonds. The molecule has 1 aliphatic rings. The van der Waals surface area contributed by atoms with Crippen molar-refractivity contribution in [1.29, 1.82) is 0 Å². The highest BCUT2D eigenvalue weighted by Gasteiger charge is 2.21. The normalized spacial score (nSPS) is 16.4. The van der Waals surface area contributed by atoms with Crippen LogP contribution >= 0.6 is 0 Å². The molecule has 5 nitrogen and oxygen atoms in total. The molecule has 2 heterocycles. The van der Waals surface area contributed by atoms with E-state index in [4.69, 9.17) is 6.57 Å².